The molecule has 1 unspecified atom stereocenters. The minimum Gasteiger partial charge on any atom is -0.480 e. The fourth-order valence-electron chi connectivity index (χ4n) is 4.03. The molecule has 0 aliphatic rings. The van der Waals surface area contributed by atoms with E-state index < -0.39 is 22.8 Å². The van der Waals surface area contributed by atoms with Crippen molar-refractivity contribution in [1.29, 1.82) is 0 Å². The van der Waals surface area contributed by atoms with Crippen molar-refractivity contribution in [3.63, 3.8) is 0 Å². The summed E-state index contributed by atoms with van der Waals surface area (Å²) in [6.07, 6.45) is -0.144. The fraction of sp³-hybridized carbons (Fsp3) is 0.318. The van der Waals surface area contributed by atoms with Crippen LogP contribution in [0.25, 0.3) is 0 Å². The highest BCUT2D eigenvalue weighted by Crippen LogP contribution is 2.50. The summed E-state index contributed by atoms with van der Waals surface area (Å²) in [7, 11) is 0. The predicted molar refractivity (Wildman–Crippen MR) is 102 cm³/mol. The number of carboxylic acids is 2. The summed E-state index contributed by atoms with van der Waals surface area (Å²) in [5.74, 6) is -3.13. The number of Topliss-reactive ketones (excluding diaryl/α,β-unsaturated/α-hetero) is 1. The van der Waals surface area contributed by atoms with Gasteiger partial charge in [0.1, 0.15) is 0 Å². The third-order valence-corrected chi connectivity index (χ3v) is 5.57. The molecule has 2 N–H and O–H groups in total. The molecule has 0 fully saturated rings. The van der Waals surface area contributed by atoms with Gasteiger partial charge in [0.25, 0.3) is 0 Å². The van der Waals surface area contributed by atoms with E-state index >= 15 is 0 Å². The Labute approximate surface area is 158 Å². The molecule has 0 saturated carbocycles. The van der Waals surface area contributed by atoms with E-state index in [0.29, 0.717) is 11.1 Å². The van der Waals surface area contributed by atoms with E-state index in [2.05, 4.69) is 0 Å². The lowest BCUT2D eigenvalue weighted by molar-refractivity contribution is -0.172. The smallest absolute Gasteiger partial charge is 0.321 e. The number of rotatable bonds is 9. The van der Waals surface area contributed by atoms with Crippen LogP contribution >= 0.6 is 0 Å². The lowest BCUT2D eigenvalue weighted by Crippen LogP contribution is -2.56. The van der Waals surface area contributed by atoms with Crippen LogP contribution < -0.4 is 0 Å². The van der Waals surface area contributed by atoms with Gasteiger partial charge in [0.15, 0.2) is 11.2 Å². The van der Waals surface area contributed by atoms with Gasteiger partial charge in [-0.05, 0) is 18.4 Å². The normalized spacial score (nSPS) is 13.6. The molecule has 0 spiro atoms. The average molecular weight is 368 g/mol. The van der Waals surface area contributed by atoms with Crippen molar-refractivity contribution < 1.29 is 24.6 Å². The minimum atomic E-state index is -2.12. The summed E-state index contributed by atoms with van der Waals surface area (Å²) >= 11 is 0. The molecule has 2 aromatic carbocycles. The van der Waals surface area contributed by atoms with E-state index in [1.165, 1.54) is 0 Å². The van der Waals surface area contributed by atoms with Crippen LogP contribution in [0.5, 0.6) is 0 Å². The Balaban J connectivity index is 2.73. The molecule has 0 bridgehead atoms. The molecule has 142 valence electrons. The van der Waals surface area contributed by atoms with Crippen molar-refractivity contribution in [2.45, 2.75) is 38.5 Å². The summed E-state index contributed by atoms with van der Waals surface area (Å²) < 4.78 is 0. The first-order chi connectivity index (χ1) is 12.9. The number of hydrogen-bond donors (Lipinski definition) is 2. The van der Waals surface area contributed by atoms with Crippen LogP contribution in [-0.4, -0.2) is 27.9 Å². The molecule has 0 aliphatic carbocycles. The molecular weight excluding hydrogens is 344 g/mol. The predicted octanol–water partition coefficient (Wildman–Crippen LogP) is 4.17. The van der Waals surface area contributed by atoms with Gasteiger partial charge in [-0.15, -0.1) is 0 Å². The van der Waals surface area contributed by atoms with Gasteiger partial charge in [-0.3, -0.25) is 14.4 Å². The van der Waals surface area contributed by atoms with E-state index in [1.54, 1.807) is 74.5 Å². The Bertz CT molecular complexity index is 799. The molecule has 0 saturated heterocycles. The van der Waals surface area contributed by atoms with Crippen molar-refractivity contribution in [1.82, 2.24) is 0 Å². The third kappa shape index (κ3) is 3.37. The van der Waals surface area contributed by atoms with E-state index in [4.69, 9.17) is 0 Å². The Hall–Kier alpha value is -2.95. The molecule has 2 rings (SSSR count). The highest BCUT2D eigenvalue weighted by molar-refractivity contribution is 6.03. The zero-order valence-corrected chi connectivity index (χ0v) is 15.5. The van der Waals surface area contributed by atoms with Crippen LogP contribution in [0, 0.1) is 5.41 Å². The Kier molecular flexibility index (Phi) is 6.16. The molecule has 5 heteroatoms. The van der Waals surface area contributed by atoms with Gasteiger partial charge >= 0.3 is 11.9 Å². The second-order valence-corrected chi connectivity index (χ2v) is 6.64. The lowest BCUT2D eigenvalue weighted by Gasteiger charge is -2.45. The van der Waals surface area contributed by atoms with Gasteiger partial charge in [0.05, 0.1) is 0 Å². The number of carboxylic acid groups (broad SMARTS) is 2. The molecule has 27 heavy (non-hydrogen) atoms. The standard InChI is InChI=1S/C22H24O5/c1-3-21(17-13-9-6-10-14-17,22(4-2,19(24)25)20(26)27)15-18(23)16-11-7-5-8-12-16/h5-14H,3-4,15H2,1-2H3,(H,24,25)(H,26,27). The maximum atomic E-state index is 13.0. The van der Waals surface area contributed by atoms with Gasteiger partial charge < -0.3 is 10.2 Å². The highest BCUT2D eigenvalue weighted by Gasteiger charge is 2.61. The number of ketones is 1. The zero-order valence-electron chi connectivity index (χ0n) is 15.5. The van der Waals surface area contributed by atoms with Gasteiger partial charge in [0, 0.05) is 17.4 Å². The molecule has 0 heterocycles. The van der Waals surface area contributed by atoms with Crippen LogP contribution in [0.1, 0.15) is 49.0 Å². The summed E-state index contributed by atoms with van der Waals surface area (Å²) in [6, 6.07) is 17.2. The van der Waals surface area contributed by atoms with Crippen LogP contribution in [0.3, 0.4) is 0 Å². The molecule has 2 aromatic rings. The van der Waals surface area contributed by atoms with Crippen LogP contribution in [0.2, 0.25) is 0 Å². The minimum absolute atomic E-state index is 0.136. The monoisotopic (exact) mass is 368 g/mol. The van der Waals surface area contributed by atoms with Crippen molar-refractivity contribution in [3.8, 4) is 0 Å². The molecule has 1 atom stereocenters. The van der Waals surface area contributed by atoms with Crippen LogP contribution in [0.4, 0.5) is 0 Å². The lowest BCUT2D eigenvalue weighted by atomic mass is 9.55. The van der Waals surface area contributed by atoms with Gasteiger partial charge in [-0.2, -0.15) is 0 Å². The van der Waals surface area contributed by atoms with Gasteiger partial charge in [0.2, 0.25) is 0 Å². The van der Waals surface area contributed by atoms with E-state index in [1.807, 2.05) is 0 Å². The number of aliphatic carboxylic acids is 2. The third-order valence-electron chi connectivity index (χ3n) is 5.57. The topological polar surface area (TPSA) is 91.7 Å². The highest BCUT2D eigenvalue weighted by atomic mass is 16.4. The van der Waals surface area contributed by atoms with Gasteiger partial charge in [-0.1, -0.05) is 74.5 Å². The van der Waals surface area contributed by atoms with Crippen molar-refractivity contribution in [2.75, 3.05) is 0 Å². The number of benzene rings is 2. The maximum Gasteiger partial charge on any atom is 0.321 e. The Morgan fingerprint density at radius 1 is 0.778 bits per heavy atom. The number of carbonyl (C=O) groups is 3. The maximum absolute atomic E-state index is 13.0. The second-order valence-electron chi connectivity index (χ2n) is 6.64. The van der Waals surface area contributed by atoms with Crippen molar-refractivity contribution in [3.05, 3.63) is 71.8 Å². The fourth-order valence-corrected chi connectivity index (χ4v) is 4.03. The average Bonchev–Trinajstić information content (AvgIpc) is 2.68. The second kappa shape index (κ2) is 8.16. The van der Waals surface area contributed by atoms with E-state index in [0.717, 1.165) is 0 Å². The first kappa shape index (κ1) is 20.4. The molecule has 0 aromatic heterocycles. The quantitative estimate of drug-likeness (QED) is 0.512. The van der Waals surface area contributed by atoms with E-state index in [-0.39, 0.29) is 25.0 Å². The largest absolute Gasteiger partial charge is 0.480 e. The molecule has 5 nitrogen and oxygen atoms in total. The van der Waals surface area contributed by atoms with Crippen LogP contribution in [-0.2, 0) is 15.0 Å². The molecule has 0 aliphatic heterocycles. The summed E-state index contributed by atoms with van der Waals surface area (Å²) in [6.45, 7) is 3.28. The number of hydrogen-bond acceptors (Lipinski definition) is 3. The Morgan fingerprint density at radius 2 is 1.26 bits per heavy atom. The first-order valence-corrected chi connectivity index (χ1v) is 8.96. The zero-order chi connectivity index (χ0) is 20.1. The molecule has 0 amide bonds. The first-order valence-electron chi connectivity index (χ1n) is 8.96. The van der Waals surface area contributed by atoms with Crippen molar-refractivity contribution >= 4 is 17.7 Å². The molecule has 0 radical (unpaired) electrons. The summed E-state index contributed by atoms with van der Waals surface area (Å²) in [5, 5.41) is 20.0. The Morgan fingerprint density at radius 3 is 1.67 bits per heavy atom. The summed E-state index contributed by atoms with van der Waals surface area (Å²) in [4.78, 5) is 37.6. The summed E-state index contributed by atoms with van der Waals surface area (Å²) in [5.41, 5.74) is -2.52. The molecular formula is C22H24O5. The van der Waals surface area contributed by atoms with Crippen molar-refractivity contribution in [2.24, 2.45) is 5.41 Å². The number of carbonyl (C=O) groups excluding carboxylic acids is 1. The van der Waals surface area contributed by atoms with E-state index in [9.17, 15) is 24.6 Å². The SMILES string of the molecule is CCC(C(=O)O)(C(=O)O)C(CC)(CC(=O)c1ccccc1)c1ccccc1. The van der Waals surface area contributed by atoms with Crippen LogP contribution in [0.15, 0.2) is 60.7 Å². The van der Waals surface area contributed by atoms with Gasteiger partial charge in [-0.25, -0.2) is 0 Å².